The van der Waals surface area contributed by atoms with Crippen molar-refractivity contribution in [2.75, 3.05) is 0 Å². The Morgan fingerprint density at radius 1 is 0.395 bits per heavy atom. The average molecular weight is 579 g/mol. The third kappa shape index (κ3) is 10.7. The number of azo groups is 2. The zero-order valence-electron chi connectivity index (χ0n) is 23.9. The highest BCUT2D eigenvalue weighted by atomic mass is 16.6. The maximum atomic E-state index is 10.7. The van der Waals surface area contributed by atoms with E-state index in [0.717, 1.165) is 37.1 Å². The smallest absolute Gasteiger partial charge is 0.258 e. The molecule has 220 valence electrons. The van der Waals surface area contributed by atoms with Gasteiger partial charge in [-0.05, 0) is 85.3 Å². The molecule has 0 amide bonds. The molecule has 0 unspecified atom stereocenters. The van der Waals surface area contributed by atoms with Crippen LogP contribution in [0.3, 0.4) is 0 Å². The molecule has 0 aliphatic rings. The quantitative estimate of drug-likeness (QED) is 0.0565. The van der Waals surface area contributed by atoms with Crippen molar-refractivity contribution < 1.29 is 9.85 Å². The van der Waals surface area contributed by atoms with Gasteiger partial charge in [0.25, 0.3) is 11.4 Å². The van der Waals surface area contributed by atoms with E-state index in [1.807, 2.05) is 24.3 Å². The highest BCUT2D eigenvalue weighted by molar-refractivity contribution is 5.46. The first-order valence-electron chi connectivity index (χ1n) is 14.5. The maximum Gasteiger partial charge on any atom is 0.269 e. The van der Waals surface area contributed by atoms with E-state index < -0.39 is 9.85 Å². The van der Waals surface area contributed by atoms with Crippen molar-refractivity contribution in [3.63, 3.8) is 0 Å². The second-order valence-electron chi connectivity index (χ2n) is 10.3. The minimum atomic E-state index is -0.435. The van der Waals surface area contributed by atoms with Crippen molar-refractivity contribution in [1.29, 1.82) is 0 Å². The van der Waals surface area contributed by atoms with E-state index in [1.54, 1.807) is 24.3 Å². The van der Waals surface area contributed by atoms with Gasteiger partial charge in [-0.1, -0.05) is 56.4 Å². The number of hydrogen-bond donors (Lipinski definition) is 0. The van der Waals surface area contributed by atoms with Gasteiger partial charge in [0.2, 0.25) is 0 Å². The van der Waals surface area contributed by atoms with E-state index in [-0.39, 0.29) is 11.4 Å². The molecule has 0 atom stereocenters. The monoisotopic (exact) mass is 578 g/mol. The lowest BCUT2D eigenvalue weighted by Gasteiger charge is -2.04. The van der Waals surface area contributed by atoms with Gasteiger partial charge in [-0.25, -0.2) is 0 Å². The minimum Gasteiger partial charge on any atom is -0.258 e. The predicted molar refractivity (Wildman–Crippen MR) is 167 cm³/mol. The van der Waals surface area contributed by atoms with E-state index in [4.69, 9.17) is 0 Å². The van der Waals surface area contributed by atoms with Crippen LogP contribution in [-0.4, -0.2) is 9.85 Å². The maximum absolute atomic E-state index is 10.7. The van der Waals surface area contributed by atoms with Gasteiger partial charge in [0, 0.05) is 24.3 Å². The van der Waals surface area contributed by atoms with Gasteiger partial charge in [-0.2, -0.15) is 20.5 Å². The fraction of sp³-hybridized carbons (Fsp3) is 0.273. The van der Waals surface area contributed by atoms with Gasteiger partial charge >= 0.3 is 0 Å². The van der Waals surface area contributed by atoms with Crippen molar-refractivity contribution in [2.45, 2.75) is 57.8 Å². The summed E-state index contributed by atoms with van der Waals surface area (Å²) in [4.78, 5) is 20.6. The van der Waals surface area contributed by atoms with Crippen LogP contribution in [0.4, 0.5) is 34.1 Å². The summed E-state index contributed by atoms with van der Waals surface area (Å²) < 4.78 is 0. The Morgan fingerprint density at radius 3 is 0.930 bits per heavy atom. The molecule has 0 N–H and O–H groups in total. The van der Waals surface area contributed by atoms with Gasteiger partial charge in [0.05, 0.1) is 32.6 Å². The first kappa shape index (κ1) is 30.8. The summed E-state index contributed by atoms with van der Waals surface area (Å²) in [5.41, 5.74) is 5.30. The Balaban J connectivity index is 1.04. The lowest BCUT2D eigenvalue weighted by molar-refractivity contribution is -0.385. The van der Waals surface area contributed by atoms with E-state index in [9.17, 15) is 20.2 Å². The molecule has 0 heterocycles. The molecule has 0 bridgehead atoms. The second-order valence-corrected chi connectivity index (χ2v) is 10.3. The number of aryl methyl sites for hydroxylation is 2. The zero-order chi connectivity index (χ0) is 30.3. The Morgan fingerprint density at radius 2 is 0.651 bits per heavy atom. The Hall–Kier alpha value is -5.12. The normalized spacial score (nSPS) is 11.3. The number of nitro benzene ring substituents is 2. The number of nitro groups is 2. The summed E-state index contributed by atoms with van der Waals surface area (Å²) in [5, 5.41) is 38.2. The molecular formula is C33H34N6O4. The molecule has 4 aromatic rings. The number of benzene rings is 4. The molecule has 10 nitrogen and oxygen atoms in total. The van der Waals surface area contributed by atoms with Crippen molar-refractivity contribution >= 4 is 34.1 Å². The number of non-ortho nitro benzene ring substituents is 2. The second kappa shape index (κ2) is 16.4. The number of rotatable bonds is 16. The van der Waals surface area contributed by atoms with Crippen molar-refractivity contribution in [1.82, 2.24) is 0 Å². The topological polar surface area (TPSA) is 136 Å². The molecule has 4 rings (SSSR count). The lowest BCUT2D eigenvalue weighted by Crippen LogP contribution is -1.88. The van der Waals surface area contributed by atoms with Crippen LogP contribution in [0.15, 0.2) is 118 Å². The fourth-order valence-corrected chi connectivity index (χ4v) is 4.51. The van der Waals surface area contributed by atoms with Gasteiger partial charge in [0.1, 0.15) is 0 Å². The van der Waals surface area contributed by atoms with Crippen LogP contribution in [0.2, 0.25) is 0 Å². The average Bonchev–Trinajstić information content (AvgIpc) is 3.03. The summed E-state index contributed by atoms with van der Waals surface area (Å²) in [6, 6.07) is 28.1. The summed E-state index contributed by atoms with van der Waals surface area (Å²) in [6.07, 6.45) is 10.6. The third-order valence-electron chi connectivity index (χ3n) is 6.99. The van der Waals surface area contributed by atoms with Crippen LogP contribution < -0.4 is 0 Å². The fourth-order valence-electron chi connectivity index (χ4n) is 4.51. The molecule has 0 aliphatic carbocycles. The van der Waals surface area contributed by atoms with Gasteiger partial charge in [-0.15, -0.1) is 0 Å². The largest absolute Gasteiger partial charge is 0.269 e. The molecular weight excluding hydrogens is 544 g/mol. The zero-order valence-corrected chi connectivity index (χ0v) is 23.9. The Bertz CT molecular complexity index is 1400. The van der Waals surface area contributed by atoms with Crippen molar-refractivity contribution in [3.05, 3.63) is 128 Å². The van der Waals surface area contributed by atoms with Gasteiger partial charge < -0.3 is 0 Å². The van der Waals surface area contributed by atoms with E-state index in [0.29, 0.717) is 11.4 Å². The molecule has 0 saturated carbocycles. The molecule has 10 heteroatoms. The van der Waals surface area contributed by atoms with E-state index in [2.05, 4.69) is 44.7 Å². The molecule has 43 heavy (non-hydrogen) atoms. The molecule has 4 aromatic carbocycles. The standard InChI is InChI=1S/C33H34N6O4/c40-38(41)32-22-18-30(19-23-32)36-34-28-14-10-26(11-15-28)8-6-4-2-1-3-5-7-9-27-12-16-29(17-13-27)35-37-31-20-24-33(25-21-31)39(42)43/h10-25H,1-9H2. The van der Waals surface area contributed by atoms with Gasteiger partial charge in [0.15, 0.2) is 0 Å². The number of nitrogens with zero attached hydrogens (tertiary/aromatic N) is 6. The van der Waals surface area contributed by atoms with Crippen LogP contribution in [0.1, 0.15) is 56.1 Å². The summed E-state index contributed by atoms with van der Waals surface area (Å²) in [6.45, 7) is 0. The predicted octanol–water partition coefficient (Wildman–Crippen LogP) is 10.8. The van der Waals surface area contributed by atoms with Crippen LogP contribution in [-0.2, 0) is 12.8 Å². The van der Waals surface area contributed by atoms with E-state index in [1.165, 1.54) is 67.5 Å². The highest BCUT2D eigenvalue weighted by Crippen LogP contribution is 2.23. The first-order valence-corrected chi connectivity index (χ1v) is 14.5. The summed E-state index contributed by atoms with van der Waals surface area (Å²) >= 11 is 0. The Labute approximate surface area is 250 Å². The Kier molecular flexibility index (Phi) is 11.7. The van der Waals surface area contributed by atoms with Gasteiger partial charge in [-0.3, -0.25) is 20.2 Å². The lowest BCUT2D eigenvalue weighted by atomic mass is 10.0. The van der Waals surface area contributed by atoms with Crippen LogP contribution >= 0.6 is 0 Å². The summed E-state index contributed by atoms with van der Waals surface area (Å²) in [5.74, 6) is 0. The third-order valence-corrected chi connectivity index (χ3v) is 6.99. The van der Waals surface area contributed by atoms with Crippen LogP contribution in [0, 0.1) is 20.2 Å². The van der Waals surface area contributed by atoms with Crippen LogP contribution in [0.25, 0.3) is 0 Å². The van der Waals surface area contributed by atoms with Crippen molar-refractivity contribution in [2.24, 2.45) is 20.5 Å². The SMILES string of the molecule is O=[N+]([O-])c1ccc(N=Nc2ccc(CCCCCCCCCc3ccc(N=Nc4ccc([N+](=O)[O-])cc4)cc3)cc2)cc1. The first-order chi connectivity index (χ1) is 21.0. The molecule has 0 aromatic heterocycles. The minimum absolute atomic E-state index is 0.0351. The summed E-state index contributed by atoms with van der Waals surface area (Å²) in [7, 11) is 0. The number of hydrogen-bond acceptors (Lipinski definition) is 8. The van der Waals surface area contributed by atoms with Crippen molar-refractivity contribution in [3.8, 4) is 0 Å². The highest BCUT2D eigenvalue weighted by Gasteiger charge is 2.04. The van der Waals surface area contributed by atoms with Crippen LogP contribution in [0.5, 0.6) is 0 Å². The number of unbranched alkanes of at least 4 members (excludes halogenated alkanes) is 6. The molecule has 0 aliphatic heterocycles. The molecule has 0 spiro atoms. The van der Waals surface area contributed by atoms with E-state index >= 15 is 0 Å². The molecule has 0 saturated heterocycles. The molecule has 0 radical (unpaired) electrons. The molecule has 0 fully saturated rings.